The first-order valence-corrected chi connectivity index (χ1v) is 8.95. The molecule has 2 saturated heterocycles. The maximum atomic E-state index is 11.8. The average Bonchev–Trinajstić information content (AvgIpc) is 2.61. The predicted octanol–water partition coefficient (Wildman–Crippen LogP) is 1.41. The third-order valence-corrected chi connectivity index (χ3v) is 5.15. The SMILES string of the molecule is CC(=O)N1CCC[C@H](N)[C@@H]1COC1CCN(c2ccccn2)CC1. The van der Waals surface area contributed by atoms with E-state index in [1.807, 2.05) is 29.3 Å². The van der Waals surface area contributed by atoms with Gasteiger partial charge in [-0.3, -0.25) is 4.79 Å². The molecule has 0 aromatic carbocycles. The van der Waals surface area contributed by atoms with Crippen LogP contribution in [0.25, 0.3) is 0 Å². The van der Waals surface area contributed by atoms with E-state index in [1.165, 1.54) is 0 Å². The molecule has 1 aromatic heterocycles. The van der Waals surface area contributed by atoms with Crippen LogP contribution in [0.3, 0.4) is 0 Å². The number of carbonyl (C=O) groups excluding carboxylic acids is 1. The summed E-state index contributed by atoms with van der Waals surface area (Å²) in [6, 6.07) is 6.05. The van der Waals surface area contributed by atoms with Crippen molar-refractivity contribution in [3.63, 3.8) is 0 Å². The third kappa shape index (κ3) is 4.05. The van der Waals surface area contributed by atoms with Gasteiger partial charge in [-0.15, -0.1) is 0 Å². The summed E-state index contributed by atoms with van der Waals surface area (Å²) in [5, 5.41) is 0. The smallest absolute Gasteiger partial charge is 0.219 e. The highest BCUT2D eigenvalue weighted by Crippen LogP contribution is 2.22. The second-order valence-corrected chi connectivity index (χ2v) is 6.79. The Morgan fingerprint density at radius 1 is 1.29 bits per heavy atom. The van der Waals surface area contributed by atoms with Gasteiger partial charge in [0.2, 0.25) is 5.91 Å². The second-order valence-electron chi connectivity index (χ2n) is 6.79. The highest BCUT2D eigenvalue weighted by atomic mass is 16.5. The molecule has 2 atom stereocenters. The lowest BCUT2D eigenvalue weighted by atomic mass is 9.97. The molecule has 0 saturated carbocycles. The molecule has 0 aliphatic carbocycles. The lowest BCUT2D eigenvalue weighted by molar-refractivity contribution is -0.135. The molecule has 132 valence electrons. The number of likely N-dealkylation sites (tertiary alicyclic amines) is 1. The van der Waals surface area contributed by atoms with E-state index in [9.17, 15) is 4.79 Å². The molecular formula is C18H28N4O2. The van der Waals surface area contributed by atoms with Gasteiger partial charge >= 0.3 is 0 Å². The van der Waals surface area contributed by atoms with E-state index >= 15 is 0 Å². The van der Waals surface area contributed by atoms with Crippen molar-refractivity contribution in [2.75, 3.05) is 31.1 Å². The largest absolute Gasteiger partial charge is 0.376 e. The zero-order chi connectivity index (χ0) is 16.9. The Kier molecular flexibility index (Phi) is 5.68. The van der Waals surface area contributed by atoms with E-state index < -0.39 is 0 Å². The summed E-state index contributed by atoms with van der Waals surface area (Å²) in [6.07, 6.45) is 6.00. The molecule has 2 aliphatic heterocycles. The fraction of sp³-hybridized carbons (Fsp3) is 0.667. The maximum Gasteiger partial charge on any atom is 0.219 e. The van der Waals surface area contributed by atoms with E-state index in [4.69, 9.17) is 10.5 Å². The van der Waals surface area contributed by atoms with E-state index in [0.29, 0.717) is 6.61 Å². The fourth-order valence-corrected chi connectivity index (χ4v) is 3.72. The molecule has 0 unspecified atom stereocenters. The van der Waals surface area contributed by atoms with Crippen LogP contribution in [0.1, 0.15) is 32.6 Å². The van der Waals surface area contributed by atoms with Crippen molar-refractivity contribution < 1.29 is 9.53 Å². The number of carbonyl (C=O) groups is 1. The van der Waals surface area contributed by atoms with Crippen LogP contribution >= 0.6 is 0 Å². The van der Waals surface area contributed by atoms with E-state index in [2.05, 4.69) is 9.88 Å². The van der Waals surface area contributed by atoms with Crippen LogP contribution in [0, 0.1) is 0 Å². The Balaban J connectivity index is 1.48. The average molecular weight is 332 g/mol. The second kappa shape index (κ2) is 7.94. The third-order valence-electron chi connectivity index (χ3n) is 5.15. The monoisotopic (exact) mass is 332 g/mol. The lowest BCUT2D eigenvalue weighted by Gasteiger charge is -2.40. The molecule has 2 N–H and O–H groups in total. The predicted molar refractivity (Wildman–Crippen MR) is 93.8 cm³/mol. The van der Waals surface area contributed by atoms with Gasteiger partial charge in [-0.2, -0.15) is 0 Å². The molecule has 0 spiro atoms. The van der Waals surface area contributed by atoms with Crippen molar-refractivity contribution in [3.05, 3.63) is 24.4 Å². The van der Waals surface area contributed by atoms with Crippen molar-refractivity contribution in [2.24, 2.45) is 5.73 Å². The molecule has 2 fully saturated rings. The van der Waals surface area contributed by atoms with Gasteiger partial charge in [-0.25, -0.2) is 4.98 Å². The number of nitrogens with zero attached hydrogens (tertiary/aromatic N) is 3. The first-order chi connectivity index (χ1) is 11.6. The van der Waals surface area contributed by atoms with Gasteiger partial charge < -0.3 is 20.3 Å². The minimum atomic E-state index is 0.0186. The number of piperidine rings is 2. The number of nitrogens with two attached hydrogens (primary N) is 1. The van der Waals surface area contributed by atoms with Gasteiger partial charge in [0.25, 0.3) is 0 Å². The standard InChI is InChI=1S/C18H28N4O2/c1-14(23)22-10-4-5-16(19)17(22)13-24-15-7-11-21(12-8-15)18-6-2-3-9-20-18/h2-3,6,9,15-17H,4-5,7-8,10-13,19H2,1H3/t16-,17-/m0/s1. The number of anilines is 1. The Labute approximate surface area is 144 Å². The van der Waals surface area contributed by atoms with Crippen LogP contribution in [-0.4, -0.2) is 60.2 Å². The van der Waals surface area contributed by atoms with E-state index in [-0.39, 0.29) is 24.1 Å². The van der Waals surface area contributed by atoms with Crippen LogP contribution in [0.4, 0.5) is 5.82 Å². The maximum absolute atomic E-state index is 11.8. The first kappa shape index (κ1) is 17.2. The summed E-state index contributed by atoms with van der Waals surface area (Å²) < 4.78 is 6.14. The number of hydrogen-bond acceptors (Lipinski definition) is 5. The van der Waals surface area contributed by atoms with Crippen LogP contribution in [-0.2, 0) is 9.53 Å². The summed E-state index contributed by atoms with van der Waals surface area (Å²) in [5.74, 6) is 1.14. The summed E-state index contributed by atoms with van der Waals surface area (Å²) in [7, 11) is 0. The molecule has 0 bridgehead atoms. The Morgan fingerprint density at radius 2 is 2.08 bits per heavy atom. The molecular weight excluding hydrogens is 304 g/mol. The highest BCUT2D eigenvalue weighted by molar-refractivity contribution is 5.73. The molecule has 3 rings (SSSR count). The fourth-order valence-electron chi connectivity index (χ4n) is 3.72. The molecule has 1 aromatic rings. The number of hydrogen-bond donors (Lipinski definition) is 1. The molecule has 1 amide bonds. The number of amides is 1. The van der Waals surface area contributed by atoms with Crippen LogP contribution < -0.4 is 10.6 Å². The van der Waals surface area contributed by atoms with Gasteiger partial charge in [0.15, 0.2) is 0 Å². The molecule has 24 heavy (non-hydrogen) atoms. The minimum Gasteiger partial charge on any atom is -0.376 e. The van der Waals surface area contributed by atoms with Gasteiger partial charge in [0.1, 0.15) is 5.82 Å². The summed E-state index contributed by atoms with van der Waals surface area (Å²) in [6.45, 7) is 4.88. The molecule has 6 nitrogen and oxygen atoms in total. The molecule has 2 aliphatic rings. The van der Waals surface area contributed by atoms with Crippen LogP contribution in [0.5, 0.6) is 0 Å². The van der Waals surface area contributed by atoms with Crippen LogP contribution in [0.2, 0.25) is 0 Å². The van der Waals surface area contributed by atoms with Gasteiger partial charge in [0.05, 0.1) is 18.8 Å². The lowest BCUT2D eigenvalue weighted by Crippen LogP contribution is -2.56. The van der Waals surface area contributed by atoms with Gasteiger partial charge in [0, 0.05) is 38.8 Å². The van der Waals surface area contributed by atoms with E-state index in [1.54, 1.807) is 6.92 Å². The zero-order valence-electron chi connectivity index (χ0n) is 14.4. The van der Waals surface area contributed by atoms with E-state index in [0.717, 1.165) is 51.1 Å². The minimum absolute atomic E-state index is 0.0186. The topological polar surface area (TPSA) is 71.7 Å². The number of rotatable bonds is 4. The van der Waals surface area contributed by atoms with Crippen molar-refractivity contribution >= 4 is 11.7 Å². The summed E-state index contributed by atoms with van der Waals surface area (Å²) in [4.78, 5) is 20.4. The Bertz CT molecular complexity index is 531. The summed E-state index contributed by atoms with van der Waals surface area (Å²) >= 11 is 0. The van der Waals surface area contributed by atoms with Crippen molar-refractivity contribution in [3.8, 4) is 0 Å². The Morgan fingerprint density at radius 3 is 2.75 bits per heavy atom. The van der Waals surface area contributed by atoms with Crippen molar-refractivity contribution in [2.45, 2.75) is 50.8 Å². The Hall–Kier alpha value is -1.66. The normalized spacial score (nSPS) is 25.8. The highest BCUT2D eigenvalue weighted by Gasteiger charge is 2.32. The number of aromatic nitrogens is 1. The van der Waals surface area contributed by atoms with Crippen molar-refractivity contribution in [1.82, 2.24) is 9.88 Å². The number of ether oxygens (including phenoxy) is 1. The quantitative estimate of drug-likeness (QED) is 0.902. The van der Waals surface area contributed by atoms with Gasteiger partial charge in [-0.05, 0) is 37.8 Å². The summed E-state index contributed by atoms with van der Waals surface area (Å²) in [5.41, 5.74) is 6.23. The van der Waals surface area contributed by atoms with Gasteiger partial charge in [-0.1, -0.05) is 6.07 Å². The molecule has 3 heterocycles. The number of pyridine rings is 1. The zero-order valence-corrected chi connectivity index (χ0v) is 14.4. The molecule has 0 radical (unpaired) electrons. The van der Waals surface area contributed by atoms with Crippen LogP contribution in [0.15, 0.2) is 24.4 Å². The van der Waals surface area contributed by atoms with Crippen molar-refractivity contribution in [1.29, 1.82) is 0 Å². The first-order valence-electron chi connectivity index (χ1n) is 8.95. The molecule has 6 heteroatoms.